The van der Waals surface area contributed by atoms with Crippen LogP contribution in [0.4, 0.5) is 5.95 Å². The molecule has 1 saturated heterocycles. The highest BCUT2D eigenvalue weighted by Crippen LogP contribution is 2.38. The summed E-state index contributed by atoms with van der Waals surface area (Å²) in [4.78, 5) is 22.3. The van der Waals surface area contributed by atoms with E-state index in [0.717, 1.165) is 74.2 Å². The zero-order chi connectivity index (χ0) is 27.7. The van der Waals surface area contributed by atoms with Crippen LogP contribution >= 0.6 is 0 Å². The van der Waals surface area contributed by atoms with Crippen LogP contribution in [0, 0.1) is 0 Å². The molecular weight excluding hydrogens is 496 g/mol. The summed E-state index contributed by atoms with van der Waals surface area (Å²) in [7, 11) is 3.76. The van der Waals surface area contributed by atoms with Crippen LogP contribution in [0.3, 0.4) is 0 Å². The number of carbonyl (C=O) groups is 1. The molecule has 0 unspecified atom stereocenters. The molecule has 4 heterocycles. The number of aliphatic hydroxyl groups excluding tert-OH is 1. The van der Waals surface area contributed by atoms with Crippen molar-refractivity contribution >= 4 is 17.4 Å². The van der Waals surface area contributed by atoms with Crippen molar-refractivity contribution in [2.75, 3.05) is 52.3 Å². The largest absolute Gasteiger partial charge is 0.393 e. The molecule has 3 aromatic rings. The van der Waals surface area contributed by atoms with E-state index in [4.69, 9.17) is 9.84 Å². The highest BCUT2D eigenvalue weighted by molar-refractivity contribution is 5.85. The molecule has 0 spiro atoms. The van der Waals surface area contributed by atoms with Crippen molar-refractivity contribution in [3.8, 4) is 11.1 Å². The molecular formula is C28H42N8O3. The summed E-state index contributed by atoms with van der Waals surface area (Å²) in [5.74, 6) is 0.915. The highest BCUT2D eigenvalue weighted by atomic mass is 16.5. The average molecular weight is 539 g/mol. The zero-order valence-electron chi connectivity index (χ0n) is 23.8. The summed E-state index contributed by atoms with van der Waals surface area (Å²) in [5, 5.41) is 23.0. The lowest BCUT2D eigenvalue weighted by Gasteiger charge is -2.37. The highest BCUT2D eigenvalue weighted by Gasteiger charge is 2.36. The fraction of sp³-hybridized carbons (Fsp3) is 0.643. The number of hydrogen-bond acceptors (Lipinski definition) is 8. The van der Waals surface area contributed by atoms with Crippen molar-refractivity contribution in [3.05, 3.63) is 30.4 Å². The van der Waals surface area contributed by atoms with E-state index in [2.05, 4.69) is 33.4 Å². The van der Waals surface area contributed by atoms with Crippen LogP contribution in [0.2, 0.25) is 0 Å². The first-order valence-corrected chi connectivity index (χ1v) is 14.0. The predicted octanol–water partition coefficient (Wildman–Crippen LogP) is 2.57. The van der Waals surface area contributed by atoms with Crippen molar-refractivity contribution in [2.45, 2.75) is 70.1 Å². The number of carbonyl (C=O) groups excluding carboxylic acids is 1. The number of amides is 1. The molecule has 11 nitrogen and oxygen atoms in total. The van der Waals surface area contributed by atoms with Gasteiger partial charge in [-0.05, 0) is 59.6 Å². The maximum atomic E-state index is 13.5. The van der Waals surface area contributed by atoms with Crippen LogP contribution in [0.5, 0.6) is 0 Å². The molecule has 2 fully saturated rings. The number of aromatic nitrogens is 5. The topological polar surface area (TPSA) is 113 Å². The maximum absolute atomic E-state index is 13.5. The van der Waals surface area contributed by atoms with Gasteiger partial charge in [0, 0.05) is 68.3 Å². The number of rotatable bonds is 8. The Labute approximate surface area is 230 Å². The molecule has 2 aliphatic rings. The zero-order valence-corrected chi connectivity index (χ0v) is 23.8. The van der Waals surface area contributed by atoms with Crippen molar-refractivity contribution in [3.63, 3.8) is 0 Å². The first kappa shape index (κ1) is 27.5. The molecule has 1 aliphatic carbocycles. The fourth-order valence-corrected chi connectivity index (χ4v) is 5.75. The van der Waals surface area contributed by atoms with Crippen LogP contribution in [-0.4, -0.2) is 104 Å². The van der Waals surface area contributed by atoms with E-state index in [1.54, 1.807) is 11.8 Å². The van der Waals surface area contributed by atoms with Gasteiger partial charge >= 0.3 is 0 Å². The molecule has 2 N–H and O–H groups in total. The third kappa shape index (κ3) is 5.66. The first-order chi connectivity index (χ1) is 18.7. The van der Waals surface area contributed by atoms with Crippen LogP contribution in [0.1, 0.15) is 58.1 Å². The van der Waals surface area contributed by atoms with Gasteiger partial charge in [0.05, 0.1) is 30.6 Å². The standard InChI is InChI=1S/C28H42N8O3/c1-19(18-39-5)31-27-29-16-25-23(14-24(36(25)32-27)20-6-8-22(37)9-7-20)21-15-30-35(17-21)28(2,3)26(38)34-12-10-33(4)11-13-34/h14-17,19-20,22,37H,6-13,18H2,1-5H3,(H,31,32)/t19-,20?,22?/m0/s1. The molecule has 212 valence electrons. The normalized spacial score (nSPS) is 21.8. The number of hydrogen-bond donors (Lipinski definition) is 2. The third-order valence-electron chi connectivity index (χ3n) is 8.23. The molecule has 1 aliphatic heterocycles. The molecule has 1 saturated carbocycles. The Bertz CT molecular complexity index is 1290. The predicted molar refractivity (Wildman–Crippen MR) is 150 cm³/mol. The van der Waals surface area contributed by atoms with Gasteiger partial charge in [0.2, 0.25) is 11.9 Å². The lowest BCUT2D eigenvalue weighted by atomic mass is 9.85. The first-order valence-electron chi connectivity index (χ1n) is 14.0. The molecule has 1 amide bonds. The minimum Gasteiger partial charge on any atom is -0.393 e. The number of fused-ring (bicyclic) bond motifs is 1. The Morgan fingerprint density at radius 2 is 1.90 bits per heavy atom. The van der Waals surface area contributed by atoms with Gasteiger partial charge < -0.3 is 25.0 Å². The molecule has 0 bridgehead atoms. The molecule has 1 atom stereocenters. The molecule has 5 rings (SSSR count). The van der Waals surface area contributed by atoms with E-state index in [1.165, 1.54) is 0 Å². The van der Waals surface area contributed by atoms with E-state index >= 15 is 0 Å². The average Bonchev–Trinajstić information content (AvgIpc) is 3.55. The minimum atomic E-state index is -0.808. The lowest BCUT2D eigenvalue weighted by molar-refractivity contribution is -0.141. The van der Waals surface area contributed by atoms with Gasteiger partial charge in [-0.15, -0.1) is 5.10 Å². The second kappa shape index (κ2) is 11.2. The second-order valence-electron chi connectivity index (χ2n) is 11.7. The second-order valence-corrected chi connectivity index (χ2v) is 11.7. The maximum Gasteiger partial charge on any atom is 0.250 e. The minimum absolute atomic E-state index is 0.0639. The van der Waals surface area contributed by atoms with Crippen LogP contribution in [-0.2, 0) is 15.1 Å². The molecule has 0 aromatic carbocycles. The van der Waals surface area contributed by atoms with Gasteiger partial charge in [0.15, 0.2) is 0 Å². The summed E-state index contributed by atoms with van der Waals surface area (Å²) >= 11 is 0. The van der Waals surface area contributed by atoms with Crippen molar-refractivity contribution in [1.29, 1.82) is 0 Å². The van der Waals surface area contributed by atoms with Crippen LogP contribution in [0.15, 0.2) is 24.7 Å². The quantitative estimate of drug-likeness (QED) is 0.450. The number of anilines is 1. The van der Waals surface area contributed by atoms with Gasteiger partial charge in [-0.2, -0.15) is 5.10 Å². The molecule has 0 radical (unpaired) electrons. The summed E-state index contributed by atoms with van der Waals surface area (Å²) in [6.45, 7) is 9.66. The molecule has 3 aromatic heterocycles. The number of methoxy groups -OCH3 is 1. The number of likely N-dealkylation sites (N-methyl/N-ethyl adjacent to an activating group) is 1. The molecule has 39 heavy (non-hydrogen) atoms. The van der Waals surface area contributed by atoms with Crippen molar-refractivity contribution in [1.82, 2.24) is 34.2 Å². The van der Waals surface area contributed by atoms with Crippen LogP contribution in [0.25, 0.3) is 16.6 Å². The SMILES string of the molecule is COC[C@H](C)Nc1ncc2c(-c3cnn(C(C)(C)C(=O)N4CCN(C)CC4)c3)cc(C3CCC(O)CC3)n2n1. The van der Waals surface area contributed by atoms with E-state index in [-0.39, 0.29) is 18.1 Å². The fourth-order valence-electron chi connectivity index (χ4n) is 5.75. The number of piperazine rings is 1. The van der Waals surface area contributed by atoms with E-state index in [1.807, 2.05) is 48.8 Å². The van der Waals surface area contributed by atoms with Gasteiger partial charge in [-0.3, -0.25) is 9.48 Å². The van der Waals surface area contributed by atoms with Crippen molar-refractivity contribution < 1.29 is 14.6 Å². The Hall–Kier alpha value is -3.02. The Morgan fingerprint density at radius 1 is 1.18 bits per heavy atom. The van der Waals surface area contributed by atoms with Gasteiger partial charge in [-0.25, -0.2) is 9.50 Å². The summed E-state index contributed by atoms with van der Waals surface area (Å²) in [6.07, 6.45) is 8.80. The number of aliphatic hydroxyl groups is 1. The van der Waals surface area contributed by atoms with Crippen LogP contribution < -0.4 is 5.32 Å². The lowest BCUT2D eigenvalue weighted by Crippen LogP contribution is -2.54. The number of nitrogens with zero attached hydrogens (tertiary/aromatic N) is 7. The van der Waals surface area contributed by atoms with E-state index in [9.17, 15) is 9.90 Å². The number of nitrogens with one attached hydrogen (secondary N) is 1. The number of ether oxygens (including phenoxy) is 1. The van der Waals surface area contributed by atoms with Gasteiger partial charge in [0.1, 0.15) is 5.54 Å². The van der Waals surface area contributed by atoms with E-state index in [0.29, 0.717) is 18.5 Å². The Morgan fingerprint density at radius 3 is 2.59 bits per heavy atom. The Balaban J connectivity index is 1.48. The smallest absolute Gasteiger partial charge is 0.250 e. The summed E-state index contributed by atoms with van der Waals surface area (Å²) < 4.78 is 9.03. The van der Waals surface area contributed by atoms with Gasteiger partial charge in [0.25, 0.3) is 0 Å². The Kier molecular flexibility index (Phi) is 7.93. The third-order valence-corrected chi connectivity index (χ3v) is 8.23. The van der Waals surface area contributed by atoms with Crippen molar-refractivity contribution in [2.24, 2.45) is 0 Å². The van der Waals surface area contributed by atoms with E-state index < -0.39 is 5.54 Å². The van der Waals surface area contributed by atoms with Gasteiger partial charge in [-0.1, -0.05) is 0 Å². The molecule has 11 heteroatoms. The summed E-state index contributed by atoms with van der Waals surface area (Å²) in [6, 6.07) is 2.25. The summed E-state index contributed by atoms with van der Waals surface area (Å²) in [5.41, 5.74) is 3.10. The monoisotopic (exact) mass is 538 g/mol.